The molecule has 4 rings (SSSR count). The number of fused-ring (bicyclic) bond motifs is 2. The average molecular weight is 366 g/mol. The summed E-state index contributed by atoms with van der Waals surface area (Å²) in [6.07, 6.45) is -0.363. The minimum absolute atomic E-state index is 0.264. The molecule has 0 aromatic heterocycles. The van der Waals surface area contributed by atoms with E-state index in [-0.39, 0.29) is 11.8 Å². The molecule has 2 aliphatic rings. The Hall–Kier alpha value is -3.35. The van der Waals surface area contributed by atoms with Gasteiger partial charge in [0.05, 0.1) is 17.2 Å². The van der Waals surface area contributed by atoms with Crippen LogP contribution in [0.1, 0.15) is 35.2 Å². The van der Waals surface area contributed by atoms with Gasteiger partial charge in [0, 0.05) is 12.2 Å². The van der Waals surface area contributed by atoms with Gasteiger partial charge >= 0.3 is 5.97 Å². The Morgan fingerprint density at radius 3 is 2.74 bits per heavy atom. The molecule has 0 saturated heterocycles. The van der Waals surface area contributed by atoms with Gasteiger partial charge in [0.25, 0.3) is 11.8 Å². The first-order chi connectivity index (χ1) is 13.0. The summed E-state index contributed by atoms with van der Waals surface area (Å²) in [4.78, 5) is 38.2. The second-order valence-electron chi connectivity index (χ2n) is 6.63. The van der Waals surface area contributed by atoms with E-state index in [9.17, 15) is 19.5 Å². The normalized spacial score (nSPS) is 20.8. The van der Waals surface area contributed by atoms with Gasteiger partial charge in [-0.2, -0.15) is 0 Å². The number of nitrogens with zero attached hydrogens (tertiary/aromatic N) is 1. The van der Waals surface area contributed by atoms with E-state index >= 15 is 0 Å². The Balaban J connectivity index is 1.75. The van der Waals surface area contributed by atoms with Gasteiger partial charge < -0.3 is 20.1 Å². The van der Waals surface area contributed by atoms with E-state index < -0.39 is 18.0 Å². The summed E-state index contributed by atoms with van der Waals surface area (Å²) in [5.74, 6) is -1.74. The standard InChI is InChI=1S/C20H18N2O5/c1-11-18(23)21-15-7-4-6-14(17(15)27-11)19(24)22-10-9-13(20(25)26)12-5-2-3-8-16(12)22/h2-8,11,13H,9-10H2,1H3,(H,21,23)(H,25,26). The fraction of sp³-hybridized carbons (Fsp3) is 0.250. The molecule has 2 aromatic carbocycles. The van der Waals surface area contributed by atoms with Crippen molar-refractivity contribution in [3.05, 3.63) is 53.6 Å². The largest absolute Gasteiger partial charge is 0.481 e. The van der Waals surface area contributed by atoms with Gasteiger partial charge in [-0.1, -0.05) is 24.3 Å². The molecule has 2 aromatic rings. The van der Waals surface area contributed by atoms with Crippen LogP contribution in [0, 0.1) is 0 Å². The molecule has 7 heteroatoms. The zero-order chi connectivity index (χ0) is 19.1. The van der Waals surface area contributed by atoms with Crippen molar-refractivity contribution in [2.75, 3.05) is 16.8 Å². The Morgan fingerprint density at radius 1 is 1.19 bits per heavy atom. The van der Waals surface area contributed by atoms with Crippen LogP contribution in [0.25, 0.3) is 0 Å². The fourth-order valence-electron chi connectivity index (χ4n) is 3.57. The third-order valence-electron chi connectivity index (χ3n) is 4.95. The lowest BCUT2D eigenvalue weighted by atomic mass is 9.89. The summed E-state index contributed by atoms with van der Waals surface area (Å²) in [6.45, 7) is 1.91. The molecular formula is C20H18N2O5. The van der Waals surface area contributed by atoms with E-state index in [2.05, 4.69) is 5.32 Å². The van der Waals surface area contributed by atoms with Crippen LogP contribution in [-0.2, 0) is 9.59 Å². The third kappa shape index (κ3) is 2.81. The predicted octanol–water partition coefficient (Wildman–Crippen LogP) is 2.62. The number of nitrogens with one attached hydrogen (secondary N) is 1. The number of amides is 2. The van der Waals surface area contributed by atoms with Crippen LogP contribution in [0.3, 0.4) is 0 Å². The summed E-state index contributed by atoms with van der Waals surface area (Å²) < 4.78 is 5.68. The third-order valence-corrected chi connectivity index (χ3v) is 4.95. The van der Waals surface area contributed by atoms with Gasteiger partial charge in [0.1, 0.15) is 0 Å². The van der Waals surface area contributed by atoms with Crippen molar-refractivity contribution in [3.8, 4) is 5.75 Å². The monoisotopic (exact) mass is 366 g/mol. The number of ether oxygens (including phenoxy) is 1. The lowest BCUT2D eigenvalue weighted by Gasteiger charge is -2.33. The second kappa shape index (κ2) is 6.42. The van der Waals surface area contributed by atoms with Crippen molar-refractivity contribution >= 4 is 29.2 Å². The highest BCUT2D eigenvalue weighted by Gasteiger charge is 2.35. The van der Waals surface area contributed by atoms with Crippen LogP contribution in [0.15, 0.2) is 42.5 Å². The summed E-state index contributed by atoms with van der Waals surface area (Å²) in [6, 6.07) is 12.1. The summed E-state index contributed by atoms with van der Waals surface area (Å²) >= 11 is 0. The maximum Gasteiger partial charge on any atom is 0.311 e. The van der Waals surface area contributed by atoms with Crippen molar-refractivity contribution in [2.45, 2.75) is 25.4 Å². The molecule has 2 amide bonds. The fourth-order valence-corrected chi connectivity index (χ4v) is 3.57. The van der Waals surface area contributed by atoms with Crippen LogP contribution in [0.2, 0.25) is 0 Å². The minimum Gasteiger partial charge on any atom is -0.481 e. The summed E-state index contributed by atoms with van der Waals surface area (Å²) in [5, 5.41) is 12.2. The molecule has 27 heavy (non-hydrogen) atoms. The van der Waals surface area contributed by atoms with Crippen LogP contribution in [0.4, 0.5) is 11.4 Å². The molecule has 2 N–H and O–H groups in total. The van der Waals surface area contributed by atoms with Crippen molar-refractivity contribution < 1.29 is 24.2 Å². The number of rotatable bonds is 2. The first-order valence-corrected chi connectivity index (χ1v) is 8.71. The molecule has 7 nitrogen and oxygen atoms in total. The van der Waals surface area contributed by atoms with Crippen LogP contribution >= 0.6 is 0 Å². The van der Waals surface area contributed by atoms with Crippen molar-refractivity contribution in [2.24, 2.45) is 0 Å². The smallest absolute Gasteiger partial charge is 0.311 e. The van der Waals surface area contributed by atoms with Gasteiger partial charge in [-0.05, 0) is 37.1 Å². The number of hydrogen-bond donors (Lipinski definition) is 2. The Labute approximate surface area is 155 Å². The molecule has 2 heterocycles. The number of aliphatic carboxylic acids is 1. The Kier molecular flexibility index (Phi) is 4.07. The van der Waals surface area contributed by atoms with Gasteiger partial charge in [0.15, 0.2) is 11.9 Å². The molecular weight excluding hydrogens is 348 g/mol. The first-order valence-electron chi connectivity index (χ1n) is 8.71. The average Bonchev–Trinajstić information content (AvgIpc) is 2.67. The second-order valence-corrected chi connectivity index (χ2v) is 6.63. The van der Waals surface area contributed by atoms with Gasteiger partial charge in [-0.15, -0.1) is 0 Å². The van der Waals surface area contributed by atoms with Crippen LogP contribution in [-0.4, -0.2) is 35.5 Å². The maximum absolute atomic E-state index is 13.3. The van der Waals surface area contributed by atoms with Crippen LogP contribution in [0.5, 0.6) is 5.75 Å². The molecule has 0 fully saturated rings. The number of carboxylic acids is 1. The summed E-state index contributed by atoms with van der Waals surface area (Å²) in [5.41, 5.74) is 2.00. The molecule has 138 valence electrons. The highest BCUT2D eigenvalue weighted by molar-refractivity contribution is 6.11. The number of para-hydroxylation sites is 2. The number of carbonyl (C=O) groups is 3. The molecule has 2 atom stereocenters. The number of benzene rings is 2. The number of carboxylic acid groups (broad SMARTS) is 1. The SMILES string of the molecule is CC1Oc2c(cccc2C(=O)N2CCC(C(=O)O)c3ccccc32)NC1=O. The molecule has 0 aliphatic carbocycles. The van der Waals surface area contributed by atoms with Gasteiger partial charge in [-0.25, -0.2) is 0 Å². The Bertz CT molecular complexity index is 955. The molecule has 2 unspecified atom stereocenters. The lowest BCUT2D eigenvalue weighted by Crippen LogP contribution is -2.40. The first kappa shape index (κ1) is 17.1. The van der Waals surface area contributed by atoms with E-state index in [4.69, 9.17) is 4.74 Å². The molecule has 0 bridgehead atoms. The lowest BCUT2D eigenvalue weighted by molar-refractivity contribution is -0.139. The minimum atomic E-state index is -0.897. The topological polar surface area (TPSA) is 95.9 Å². The predicted molar refractivity (Wildman–Crippen MR) is 98.3 cm³/mol. The van der Waals surface area contributed by atoms with Crippen molar-refractivity contribution in [1.82, 2.24) is 0 Å². The van der Waals surface area contributed by atoms with E-state index in [0.717, 1.165) is 0 Å². The number of carbonyl (C=O) groups excluding carboxylic acids is 2. The van der Waals surface area contributed by atoms with E-state index in [1.807, 2.05) is 0 Å². The molecule has 0 saturated carbocycles. The van der Waals surface area contributed by atoms with Crippen LogP contribution < -0.4 is 15.0 Å². The number of hydrogen-bond acceptors (Lipinski definition) is 4. The van der Waals surface area contributed by atoms with Gasteiger partial charge in [-0.3, -0.25) is 14.4 Å². The zero-order valence-corrected chi connectivity index (χ0v) is 14.6. The molecule has 0 radical (unpaired) electrons. The number of anilines is 2. The Morgan fingerprint density at radius 2 is 1.96 bits per heavy atom. The molecule has 0 spiro atoms. The summed E-state index contributed by atoms with van der Waals surface area (Å²) in [7, 11) is 0. The quantitative estimate of drug-likeness (QED) is 0.852. The molecule has 2 aliphatic heterocycles. The zero-order valence-electron chi connectivity index (χ0n) is 14.6. The van der Waals surface area contributed by atoms with E-state index in [1.165, 1.54) is 0 Å². The maximum atomic E-state index is 13.3. The van der Waals surface area contributed by atoms with E-state index in [1.54, 1.807) is 54.3 Å². The highest BCUT2D eigenvalue weighted by Crippen LogP contribution is 2.39. The van der Waals surface area contributed by atoms with E-state index in [0.29, 0.717) is 41.2 Å². The highest BCUT2D eigenvalue weighted by atomic mass is 16.5. The van der Waals surface area contributed by atoms with Crippen molar-refractivity contribution in [3.63, 3.8) is 0 Å². The van der Waals surface area contributed by atoms with Crippen molar-refractivity contribution in [1.29, 1.82) is 0 Å². The van der Waals surface area contributed by atoms with Gasteiger partial charge in [0.2, 0.25) is 0 Å².